The predicted molar refractivity (Wildman–Crippen MR) is 76.4 cm³/mol. The van der Waals surface area contributed by atoms with Crippen LogP contribution in [-0.4, -0.2) is 44.6 Å². The molecule has 1 aliphatic rings. The smallest absolute Gasteiger partial charge is 0.317 e. The number of likely N-dealkylation sites (tertiary alicyclic amines) is 1. The Hall–Kier alpha value is -2.51. The Labute approximate surface area is 126 Å². The zero-order valence-corrected chi connectivity index (χ0v) is 12.0. The van der Waals surface area contributed by atoms with E-state index in [1.165, 1.54) is 12.1 Å². The van der Waals surface area contributed by atoms with Crippen LogP contribution >= 0.6 is 0 Å². The third kappa shape index (κ3) is 3.38. The molecule has 0 aliphatic carbocycles. The van der Waals surface area contributed by atoms with E-state index in [2.05, 4.69) is 25.9 Å². The van der Waals surface area contributed by atoms with Crippen LogP contribution in [0.5, 0.6) is 0 Å². The first kappa shape index (κ1) is 14.4. The quantitative estimate of drug-likeness (QED) is 0.898. The SMILES string of the molecule is O=C(NCc1ccc(F)cc1)N1CCCC(c2nn[nH]n2)C1. The largest absolute Gasteiger partial charge is 0.334 e. The minimum Gasteiger partial charge on any atom is -0.334 e. The van der Waals surface area contributed by atoms with E-state index in [-0.39, 0.29) is 17.8 Å². The number of urea groups is 1. The molecule has 2 heterocycles. The summed E-state index contributed by atoms with van der Waals surface area (Å²) in [7, 11) is 0. The average Bonchev–Trinajstić information content (AvgIpc) is 3.09. The van der Waals surface area contributed by atoms with Crippen LogP contribution in [0.4, 0.5) is 9.18 Å². The zero-order valence-electron chi connectivity index (χ0n) is 12.0. The fraction of sp³-hybridized carbons (Fsp3) is 0.429. The van der Waals surface area contributed by atoms with Crippen molar-refractivity contribution in [1.29, 1.82) is 0 Å². The third-order valence-electron chi connectivity index (χ3n) is 3.79. The molecule has 0 spiro atoms. The number of halogens is 1. The molecule has 116 valence electrons. The summed E-state index contributed by atoms with van der Waals surface area (Å²) < 4.78 is 12.8. The fourth-order valence-electron chi connectivity index (χ4n) is 2.61. The van der Waals surface area contributed by atoms with Crippen LogP contribution in [0.2, 0.25) is 0 Å². The third-order valence-corrected chi connectivity index (χ3v) is 3.79. The first-order valence-electron chi connectivity index (χ1n) is 7.23. The Balaban J connectivity index is 1.54. The Bertz CT molecular complexity index is 615. The number of nitrogens with one attached hydrogen (secondary N) is 2. The average molecular weight is 304 g/mol. The lowest BCUT2D eigenvalue weighted by atomic mass is 9.98. The summed E-state index contributed by atoms with van der Waals surface area (Å²) >= 11 is 0. The Morgan fingerprint density at radius 3 is 2.95 bits per heavy atom. The molecule has 1 aliphatic heterocycles. The van der Waals surface area contributed by atoms with Crippen LogP contribution in [-0.2, 0) is 6.54 Å². The molecule has 1 fully saturated rings. The summed E-state index contributed by atoms with van der Waals surface area (Å²) in [5, 5.41) is 16.8. The number of carbonyl (C=O) groups is 1. The van der Waals surface area contributed by atoms with Crippen LogP contribution in [0.3, 0.4) is 0 Å². The molecule has 2 N–H and O–H groups in total. The van der Waals surface area contributed by atoms with Gasteiger partial charge in [0.15, 0.2) is 5.82 Å². The molecule has 1 atom stereocenters. The zero-order chi connectivity index (χ0) is 15.4. The molecule has 22 heavy (non-hydrogen) atoms. The van der Waals surface area contributed by atoms with Crippen LogP contribution in [0.25, 0.3) is 0 Å². The number of H-pyrrole nitrogens is 1. The summed E-state index contributed by atoms with van der Waals surface area (Å²) in [6.07, 6.45) is 1.85. The van der Waals surface area contributed by atoms with Crippen molar-refractivity contribution < 1.29 is 9.18 Å². The van der Waals surface area contributed by atoms with Gasteiger partial charge in [-0.05, 0) is 30.5 Å². The van der Waals surface area contributed by atoms with Crippen molar-refractivity contribution in [2.75, 3.05) is 13.1 Å². The highest BCUT2D eigenvalue weighted by Crippen LogP contribution is 2.23. The van der Waals surface area contributed by atoms with Gasteiger partial charge in [-0.3, -0.25) is 0 Å². The highest BCUT2D eigenvalue weighted by molar-refractivity contribution is 5.74. The topological polar surface area (TPSA) is 86.8 Å². The van der Waals surface area contributed by atoms with Gasteiger partial charge in [0.2, 0.25) is 0 Å². The molecule has 1 aromatic heterocycles. The summed E-state index contributed by atoms with van der Waals surface area (Å²) in [4.78, 5) is 14.0. The van der Waals surface area contributed by atoms with Gasteiger partial charge in [0.1, 0.15) is 5.82 Å². The molecule has 1 aromatic carbocycles. The summed E-state index contributed by atoms with van der Waals surface area (Å²) in [5.74, 6) is 0.481. The minimum atomic E-state index is -0.283. The number of benzene rings is 1. The summed E-state index contributed by atoms with van der Waals surface area (Å²) in [5.41, 5.74) is 0.862. The van der Waals surface area contributed by atoms with Crippen LogP contribution in [0.1, 0.15) is 30.1 Å². The second-order valence-corrected chi connectivity index (χ2v) is 5.34. The minimum absolute atomic E-state index is 0.115. The van der Waals surface area contributed by atoms with Crippen molar-refractivity contribution in [2.24, 2.45) is 0 Å². The molecule has 2 amide bonds. The number of piperidine rings is 1. The van der Waals surface area contributed by atoms with Crippen molar-refractivity contribution in [3.63, 3.8) is 0 Å². The number of aromatic nitrogens is 4. The Morgan fingerprint density at radius 2 is 2.23 bits per heavy atom. The maximum absolute atomic E-state index is 12.8. The number of amides is 2. The standard InChI is InChI=1S/C14H17FN6O/c15-12-5-3-10(4-6-12)8-16-14(22)21-7-1-2-11(9-21)13-17-19-20-18-13/h3-6,11H,1-2,7-9H2,(H,16,22)(H,17,18,19,20). The maximum Gasteiger partial charge on any atom is 0.317 e. The van der Waals surface area contributed by atoms with Crippen LogP contribution in [0.15, 0.2) is 24.3 Å². The van der Waals surface area contributed by atoms with Gasteiger partial charge in [-0.2, -0.15) is 5.21 Å². The number of aromatic amines is 1. The number of tetrazole rings is 1. The number of rotatable bonds is 3. The van der Waals surface area contributed by atoms with Crippen molar-refractivity contribution in [3.8, 4) is 0 Å². The normalized spacial score (nSPS) is 18.2. The second kappa shape index (κ2) is 6.50. The Morgan fingerprint density at radius 1 is 1.41 bits per heavy atom. The van der Waals surface area contributed by atoms with E-state index in [0.29, 0.717) is 25.5 Å². The monoisotopic (exact) mass is 304 g/mol. The van der Waals surface area contributed by atoms with Gasteiger partial charge < -0.3 is 10.2 Å². The molecule has 2 aromatic rings. The van der Waals surface area contributed by atoms with Gasteiger partial charge in [0.25, 0.3) is 0 Å². The summed E-state index contributed by atoms with van der Waals surface area (Å²) in [6.45, 7) is 1.67. The van der Waals surface area contributed by atoms with E-state index in [0.717, 1.165) is 18.4 Å². The van der Waals surface area contributed by atoms with Gasteiger partial charge in [0, 0.05) is 25.6 Å². The molecule has 0 bridgehead atoms. The van der Waals surface area contributed by atoms with Gasteiger partial charge in [-0.1, -0.05) is 17.3 Å². The van der Waals surface area contributed by atoms with E-state index in [1.54, 1.807) is 17.0 Å². The lowest BCUT2D eigenvalue weighted by Gasteiger charge is -2.31. The number of nitrogens with zero attached hydrogens (tertiary/aromatic N) is 4. The fourth-order valence-corrected chi connectivity index (χ4v) is 2.61. The van der Waals surface area contributed by atoms with Gasteiger partial charge in [0.05, 0.1) is 0 Å². The maximum atomic E-state index is 12.8. The summed E-state index contributed by atoms with van der Waals surface area (Å²) in [6, 6.07) is 5.96. The van der Waals surface area contributed by atoms with Gasteiger partial charge in [-0.15, -0.1) is 10.2 Å². The van der Waals surface area contributed by atoms with Crippen molar-refractivity contribution >= 4 is 6.03 Å². The predicted octanol–water partition coefficient (Wildman–Crippen LogP) is 1.43. The number of hydrogen-bond acceptors (Lipinski definition) is 4. The molecule has 1 saturated heterocycles. The van der Waals surface area contributed by atoms with E-state index in [9.17, 15) is 9.18 Å². The first-order valence-corrected chi connectivity index (χ1v) is 7.23. The lowest BCUT2D eigenvalue weighted by Crippen LogP contribution is -2.44. The Kier molecular flexibility index (Phi) is 4.27. The molecule has 8 heteroatoms. The molecule has 0 radical (unpaired) electrons. The van der Waals surface area contributed by atoms with E-state index in [1.807, 2.05) is 0 Å². The molecular formula is C14H17FN6O. The van der Waals surface area contributed by atoms with Crippen molar-refractivity contribution in [3.05, 3.63) is 41.5 Å². The first-order chi connectivity index (χ1) is 10.7. The van der Waals surface area contributed by atoms with E-state index in [4.69, 9.17) is 0 Å². The number of carbonyl (C=O) groups excluding carboxylic acids is 1. The van der Waals surface area contributed by atoms with Crippen LogP contribution < -0.4 is 5.32 Å². The molecular weight excluding hydrogens is 287 g/mol. The molecule has 7 nitrogen and oxygen atoms in total. The van der Waals surface area contributed by atoms with Gasteiger partial charge >= 0.3 is 6.03 Å². The number of hydrogen-bond donors (Lipinski definition) is 2. The van der Waals surface area contributed by atoms with E-state index < -0.39 is 0 Å². The van der Waals surface area contributed by atoms with Crippen molar-refractivity contribution in [2.45, 2.75) is 25.3 Å². The van der Waals surface area contributed by atoms with Crippen molar-refractivity contribution in [1.82, 2.24) is 30.8 Å². The molecule has 3 rings (SSSR count). The highest BCUT2D eigenvalue weighted by atomic mass is 19.1. The van der Waals surface area contributed by atoms with Gasteiger partial charge in [-0.25, -0.2) is 9.18 Å². The lowest BCUT2D eigenvalue weighted by molar-refractivity contribution is 0.178. The molecule has 1 unspecified atom stereocenters. The highest BCUT2D eigenvalue weighted by Gasteiger charge is 2.27. The van der Waals surface area contributed by atoms with E-state index >= 15 is 0 Å². The van der Waals surface area contributed by atoms with Crippen LogP contribution in [0, 0.1) is 5.82 Å². The second-order valence-electron chi connectivity index (χ2n) is 5.34. The molecule has 0 saturated carbocycles.